The lowest BCUT2D eigenvalue weighted by Gasteiger charge is -2.38. The Morgan fingerprint density at radius 3 is 2.42 bits per heavy atom. The highest BCUT2D eigenvalue weighted by Gasteiger charge is 2.33. The van der Waals surface area contributed by atoms with Crippen molar-refractivity contribution in [1.82, 2.24) is 9.80 Å². The largest absolute Gasteiger partial charge is 0.488 e. The molecule has 4 rings (SSSR count). The van der Waals surface area contributed by atoms with Gasteiger partial charge in [-0.15, -0.1) is 0 Å². The number of likely N-dealkylation sites (N-methyl/N-ethyl adjacent to an activating group) is 1. The number of hydrogen-bond acceptors (Lipinski definition) is 7. The minimum Gasteiger partial charge on any atom is -0.488 e. The Labute approximate surface area is 236 Å². The molecule has 0 fully saturated rings. The number of nitrogens with one attached hydrogen (secondary N) is 1. The van der Waals surface area contributed by atoms with Gasteiger partial charge >= 0.3 is 0 Å². The lowest BCUT2D eigenvalue weighted by atomic mass is 9.99. The van der Waals surface area contributed by atoms with Gasteiger partial charge in [-0.3, -0.25) is 14.4 Å². The van der Waals surface area contributed by atoms with E-state index in [0.29, 0.717) is 25.4 Å². The summed E-state index contributed by atoms with van der Waals surface area (Å²) in [5.74, 6) is 1.57. The molecule has 3 aromatic rings. The molecule has 0 aliphatic carbocycles. The van der Waals surface area contributed by atoms with Gasteiger partial charge in [0.2, 0.25) is 10.0 Å². The van der Waals surface area contributed by atoms with Crippen molar-refractivity contribution in [3.8, 4) is 17.2 Å². The van der Waals surface area contributed by atoms with Gasteiger partial charge in [-0.1, -0.05) is 37.3 Å². The molecule has 10 heteroatoms. The molecule has 0 unspecified atom stereocenters. The van der Waals surface area contributed by atoms with Gasteiger partial charge in [-0.05, 0) is 62.0 Å². The minimum absolute atomic E-state index is 0.0379. The summed E-state index contributed by atoms with van der Waals surface area (Å²) in [7, 11) is -1.51. The second-order valence-corrected chi connectivity index (χ2v) is 12.2. The first-order valence-corrected chi connectivity index (χ1v) is 15.1. The maximum atomic E-state index is 13.5. The molecule has 214 valence electrons. The Morgan fingerprint density at radius 2 is 1.77 bits per heavy atom. The fourth-order valence-electron chi connectivity index (χ4n) is 4.69. The van der Waals surface area contributed by atoms with Crippen molar-refractivity contribution in [3.05, 3.63) is 83.9 Å². The smallest absolute Gasteiger partial charge is 0.258 e. The normalized spacial score (nSPS) is 18.4. The number of anilines is 1. The maximum absolute atomic E-state index is 13.5. The van der Waals surface area contributed by atoms with Crippen molar-refractivity contribution in [2.45, 2.75) is 32.5 Å². The van der Waals surface area contributed by atoms with Crippen molar-refractivity contribution < 1.29 is 27.8 Å². The quantitative estimate of drug-likeness (QED) is 0.378. The second kappa shape index (κ2) is 12.7. The fourth-order valence-corrected chi connectivity index (χ4v) is 5.24. The van der Waals surface area contributed by atoms with Crippen LogP contribution < -0.4 is 14.2 Å². The van der Waals surface area contributed by atoms with Crippen molar-refractivity contribution in [3.63, 3.8) is 0 Å². The number of aliphatic hydroxyl groups excluding tert-OH is 1. The Hall–Kier alpha value is -3.60. The van der Waals surface area contributed by atoms with Crippen LogP contribution in [-0.4, -0.2) is 74.4 Å². The number of sulfonamides is 1. The number of hydrogen-bond donors (Lipinski definition) is 2. The minimum atomic E-state index is -3.53. The topological polar surface area (TPSA) is 108 Å². The van der Waals surface area contributed by atoms with Crippen molar-refractivity contribution in [2.24, 2.45) is 5.92 Å². The SMILES string of the molecule is C[C@H](CO)N1C[C@H](C)[C@H](CN(C)Cc2ccc(Oc3ccccc3)cc2)Oc2ccc(NS(C)(=O)=O)cc2C1=O. The first-order valence-electron chi connectivity index (χ1n) is 13.2. The van der Waals surface area contributed by atoms with Crippen LogP contribution in [0.1, 0.15) is 29.8 Å². The van der Waals surface area contributed by atoms with Crippen LogP contribution in [0.25, 0.3) is 0 Å². The summed E-state index contributed by atoms with van der Waals surface area (Å²) < 4.78 is 38.3. The molecule has 3 aromatic carbocycles. The molecule has 1 amide bonds. The Bertz CT molecular complexity index is 1400. The summed E-state index contributed by atoms with van der Waals surface area (Å²) in [6, 6.07) is 21.9. The molecule has 3 atom stereocenters. The number of amides is 1. The van der Waals surface area contributed by atoms with Crippen LogP contribution in [0, 0.1) is 5.92 Å². The van der Waals surface area contributed by atoms with Crippen molar-refractivity contribution in [2.75, 3.05) is 37.7 Å². The molecule has 1 aliphatic rings. The highest BCUT2D eigenvalue weighted by molar-refractivity contribution is 7.92. The van der Waals surface area contributed by atoms with Crippen molar-refractivity contribution in [1.29, 1.82) is 0 Å². The Morgan fingerprint density at radius 1 is 1.10 bits per heavy atom. The van der Waals surface area contributed by atoms with E-state index in [-0.39, 0.29) is 35.8 Å². The molecule has 9 nitrogen and oxygen atoms in total. The number of ether oxygens (including phenoxy) is 2. The van der Waals surface area contributed by atoms with Crippen LogP contribution in [0.5, 0.6) is 17.2 Å². The van der Waals surface area contributed by atoms with Gasteiger partial charge in [0.25, 0.3) is 5.91 Å². The van der Waals surface area contributed by atoms with Crippen LogP contribution in [0.15, 0.2) is 72.8 Å². The summed E-state index contributed by atoms with van der Waals surface area (Å²) in [5.41, 5.74) is 1.64. The van der Waals surface area contributed by atoms with Gasteiger partial charge in [0.1, 0.15) is 23.4 Å². The van der Waals surface area contributed by atoms with Gasteiger partial charge in [-0.2, -0.15) is 0 Å². The highest BCUT2D eigenvalue weighted by Crippen LogP contribution is 2.31. The third kappa shape index (κ3) is 7.74. The maximum Gasteiger partial charge on any atom is 0.258 e. The molecule has 0 radical (unpaired) electrons. The number of nitrogens with zero attached hydrogens (tertiary/aromatic N) is 2. The first kappa shape index (κ1) is 29.4. The lowest BCUT2D eigenvalue weighted by molar-refractivity contribution is 0.0341. The zero-order valence-electron chi connectivity index (χ0n) is 23.3. The zero-order valence-corrected chi connectivity index (χ0v) is 24.1. The molecular formula is C30H37N3O6S. The molecule has 1 heterocycles. The van der Waals surface area contributed by atoms with Crippen LogP contribution in [-0.2, 0) is 16.6 Å². The number of aliphatic hydroxyl groups is 1. The second-order valence-electron chi connectivity index (χ2n) is 10.5. The molecule has 0 saturated carbocycles. The first-order chi connectivity index (χ1) is 19.0. The van der Waals surface area contributed by atoms with E-state index in [0.717, 1.165) is 23.3 Å². The molecule has 0 saturated heterocycles. The summed E-state index contributed by atoms with van der Waals surface area (Å²) in [6.45, 7) is 5.28. The Balaban J connectivity index is 1.50. The molecule has 0 spiro atoms. The van der Waals surface area contributed by atoms with E-state index in [4.69, 9.17) is 9.47 Å². The number of benzene rings is 3. The van der Waals surface area contributed by atoms with Crippen molar-refractivity contribution >= 4 is 21.6 Å². The van der Waals surface area contributed by atoms with Gasteiger partial charge < -0.3 is 19.5 Å². The van der Waals surface area contributed by atoms with E-state index in [1.807, 2.05) is 68.6 Å². The fraction of sp³-hybridized carbons (Fsp3) is 0.367. The molecule has 1 aliphatic heterocycles. The number of rotatable bonds is 10. The summed E-state index contributed by atoms with van der Waals surface area (Å²) in [6.07, 6.45) is 0.791. The van der Waals surface area contributed by atoms with Gasteiger partial charge in [-0.25, -0.2) is 8.42 Å². The zero-order chi connectivity index (χ0) is 28.9. The van der Waals surface area contributed by atoms with E-state index < -0.39 is 16.1 Å². The summed E-state index contributed by atoms with van der Waals surface area (Å²) in [4.78, 5) is 17.3. The molecule has 0 bridgehead atoms. The lowest BCUT2D eigenvalue weighted by Crippen LogP contribution is -2.49. The predicted octanol–water partition coefficient (Wildman–Crippen LogP) is 4.20. The molecule has 40 heavy (non-hydrogen) atoms. The number of carbonyl (C=O) groups is 1. The van der Waals surface area contributed by atoms with Gasteiger partial charge in [0.05, 0.1) is 24.5 Å². The summed E-state index contributed by atoms with van der Waals surface area (Å²) >= 11 is 0. The van der Waals surface area contributed by atoms with E-state index in [2.05, 4.69) is 9.62 Å². The standard InChI is InChI=1S/C30H37N3O6S/c1-21-17-33(22(2)20-34)30(35)27-16-24(31-40(4,36)37)12-15-28(27)39-29(21)19-32(3)18-23-10-13-26(14-11-23)38-25-8-6-5-7-9-25/h5-16,21-22,29,31,34H,17-20H2,1-4H3/t21-,22+,29-/m0/s1. The highest BCUT2D eigenvalue weighted by atomic mass is 32.2. The van der Waals surface area contributed by atoms with Crippen LogP contribution in [0.4, 0.5) is 5.69 Å². The van der Waals surface area contributed by atoms with E-state index in [1.165, 1.54) is 6.07 Å². The molecular weight excluding hydrogens is 530 g/mol. The van der Waals surface area contributed by atoms with E-state index >= 15 is 0 Å². The Kier molecular flexibility index (Phi) is 9.34. The number of para-hydroxylation sites is 1. The molecule has 2 N–H and O–H groups in total. The third-order valence-electron chi connectivity index (χ3n) is 6.81. The average Bonchev–Trinajstić information content (AvgIpc) is 2.91. The predicted molar refractivity (Wildman–Crippen MR) is 155 cm³/mol. The van der Waals surface area contributed by atoms with Gasteiger partial charge in [0.15, 0.2) is 0 Å². The third-order valence-corrected chi connectivity index (χ3v) is 7.42. The van der Waals surface area contributed by atoms with Crippen LogP contribution in [0.2, 0.25) is 0 Å². The van der Waals surface area contributed by atoms with Crippen LogP contribution in [0.3, 0.4) is 0 Å². The average molecular weight is 568 g/mol. The summed E-state index contributed by atoms with van der Waals surface area (Å²) in [5, 5.41) is 9.85. The monoisotopic (exact) mass is 567 g/mol. The van der Waals surface area contributed by atoms with Crippen LogP contribution >= 0.6 is 0 Å². The van der Waals surface area contributed by atoms with Gasteiger partial charge in [0, 0.05) is 31.2 Å². The number of fused-ring (bicyclic) bond motifs is 1. The molecule has 0 aromatic heterocycles. The van der Waals surface area contributed by atoms with E-state index in [9.17, 15) is 18.3 Å². The van der Waals surface area contributed by atoms with E-state index in [1.54, 1.807) is 24.0 Å². The number of carbonyl (C=O) groups excluding carboxylic acids is 1.